The van der Waals surface area contributed by atoms with Crippen molar-refractivity contribution in [2.45, 2.75) is 64.1 Å². The fraction of sp³-hybridized carbons (Fsp3) is 0.486. The summed E-state index contributed by atoms with van der Waals surface area (Å²) < 4.78 is 6.42. The van der Waals surface area contributed by atoms with Gasteiger partial charge in [0.1, 0.15) is 12.4 Å². The molecule has 3 aliphatic heterocycles. The third-order valence-electron chi connectivity index (χ3n) is 10.00. The fourth-order valence-corrected chi connectivity index (χ4v) is 7.23. The zero-order valence-electron chi connectivity index (χ0n) is 26.2. The van der Waals surface area contributed by atoms with Gasteiger partial charge in [-0.1, -0.05) is 36.9 Å². The molecule has 1 aromatic heterocycles. The monoisotopic (exact) mass is 593 g/mol. The molecule has 3 aromatic rings. The minimum absolute atomic E-state index is 0.0163. The summed E-state index contributed by atoms with van der Waals surface area (Å²) in [6.45, 7) is 12.5. The molecule has 0 saturated carbocycles. The molecular weight excluding hydrogens is 550 g/mol. The van der Waals surface area contributed by atoms with Crippen molar-refractivity contribution in [3.63, 3.8) is 0 Å². The van der Waals surface area contributed by atoms with Gasteiger partial charge in [0.2, 0.25) is 5.91 Å². The third kappa shape index (κ3) is 5.83. The van der Waals surface area contributed by atoms with Crippen molar-refractivity contribution in [1.82, 2.24) is 20.2 Å². The SMILES string of the molecule is C=CC(=O)NC1CCN(c2nc(OC[C@]3(C)CCCN3C)nc3c2CCN(c2cccc4cccc(C)c24)C3)C[C@@H]1CC#N. The molecule has 6 rings (SSSR count). The van der Waals surface area contributed by atoms with Crippen molar-refractivity contribution >= 4 is 28.2 Å². The molecule has 1 amide bonds. The second kappa shape index (κ2) is 12.4. The van der Waals surface area contributed by atoms with Gasteiger partial charge in [-0.15, -0.1) is 0 Å². The second-order valence-corrected chi connectivity index (χ2v) is 12.9. The van der Waals surface area contributed by atoms with E-state index in [-0.39, 0.29) is 23.4 Å². The molecule has 3 aliphatic rings. The van der Waals surface area contributed by atoms with Gasteiger partial charge >= 0.3 is 6.01 Å². The first-order valence-corrected chi connectivity index (χ1v) is 15.8. The van der Waals surface area contributed by atoms with Crippen molar-refractivity contribution in [2.24, 2.45) is 5.92 Å². The lowest BCUT2D eigenvalue weighted by atomic mass is 9.89. The smallest absolute Gasteiger partial charge is 0.318 e. The van der Waals surface area contributed by atoms with Gasteiger partial charge < -0.3 is 19.9 Å². The van der Waals surface area contributed by atoms with E-state index in [9.17, 15) is 10.1 Å². The normalized spacial score (nSPS) is 23.7. The van der Waals surface area contributed by atoms with E-state index in [2.05, 4.69) is 90.0 Å². The van der Waals surface area contributed by atoms with Crippen LogP contribution >= 0.6 is 0 Å². The maximum atomic E-state index is 12.1. The predicted octanol–water partition coefficient (Wildman–Crippen LogP) is 4.77. The topological polar surface area (TPSA) is 97.6 Å². The molecule has 1 N–H and O–H groups in total. The van der Waals surface area contributed by atoms with Gasteiger partial charge in [0.05, 0.1) is 23.8 Å². The third-order valence-corrected chi connectivity index (χ3v) is 10.00. The molecule has 4 heterocycles. The van der Waals surface area contributed by atoms with E-state index < -0.39 is 0 Å². The van der Waals surface area contributed by atoms with Gasteiger partial charge in [0.15, 0.2) is 0 Å². The van der Waals surface area contributed by atoms with Gasteiger partial charge in [-0.3, -0.25) is 9.69 Å². The van der Waals surface area contributed by atoms with E-state index in [1.54, 1.807) is 0 Å². The number of ether oxygens (including phenoxy) is 1. The highest BCUT2D eigenvalue weighted by Gasteiger charge is 2.36. The van der Waals surface area contributed by atoms with Crippen molar-refractivity contribution in [1.29, 1.82) is 5.26 Å². The van der Waals surface area contributed by atoms with Crippen LogP contribution in [0.3, 0.4) is 0 Å². The summed E-state index contributed by atoms with van der Waals surface area (Å²) in [6, 6.07) is 15.7. The molecule has 2 saturated heterocycles. The lowest BCUT2D eigenvalue weighted by Gasteiger charge is -2.40. The van der Waals surface area contributed by atoms with E-state index in [1.807, 2.05) is 0 Å². The number of carbonyl (C=O) groups is 1. The van der Waals surface area contributed by atoms with Gasteiger partial charge in [-0.2, -0.15) is 15.2 Å². The van der Waals surface area contributed by atoms with Crippen molar-refractivity contribution in [3.05, 3.63) is 65.9 Å². The maximum Gasteiger partial charge on any atom is 0.318 e. The Kier molecular flexibility index (Phi) is 8.46. The highest BCUT2D eigenvalue weighted by atomic mass is 16.5. The van der Waals surface area contributed by atoms with Gasteiger partial charge in [-0.25, -0.2) is 0 Å². The number of aryl methyl sites for hydroxylation is 1. The van der Waals surface area contributed by atoms with E-state index >= 15 is 0 Å². The molecule has 44 heavy (non-hydrogen) atoms. The number of hydrogen-bond acceptors (Lipinski definition) is 8. The predicted molar refractivity (Wildman–Crippen MR) is 174 cm³/mol. The van der Waals surface area contributed by atoms with Crippen LogP contribution in [0.2, 0.25) is 0 Å². The quantitative estimate of drug-likeness (QED) is 0.373. The van der Waals surface area contributed by atoms with Crippen LogP contribution in [0.15, 0.2) is 49.1 Å². The average molecular weight is 594 g/mol. The number of amides is 1. The molecule has 0 spiro atoms. The van der Waals surface area contributed by atoms with Crippen LogP contribution in [0.4, 0.5) is 11.5 Å². The van der Waals surface area contributed by atoms with E-state index in [4.69, 9.17) is 14.7 Å². The van der Waals surface area contributed by atoms with E-state index in [0.29, 0.717) is 32.1 Å². The first-order chi connectivity index (χ1) is 21.3. The van der Waals surface area contributed by atoms with Crippen LogP contribution in [-0.4, -0.2) is 72.2 Å². The van der Waals surface area contributed by atoms with Crippen LogP contribution in [0.1, 0.15) is 49.4 Å². The number of nitriles is 1. The Morgan fingerprint density at radius 3 is 2.77 bits per heavy atom. The number of benzene rings is 2. The second-order valence-electron chi connectivity index (χ2n) is 12.9. The molecule has 2 fully saturated rings. The number of aromatic nitrogens is 2. The highest BCUT2D eigenvalue weighted by Crippen LogP contribution is 2.37. The minimum Gasteiger partial charge on any atom is -0.461 e. The molecule has 1 unspecified atom stereocenters. The van der Waals surface area contributed by atoms with Crippen molar-refractivity contribution in [2.75, 3.05) is 49.6 Å². The largest absolute Gasteiger partial charge is 0.461 e. The number of likely N-dealkylation sites (N-methyl/N-ethyl adjacent to an activating group) is 1. The molecular formula is C35H43N7O2. The lowest BCUT2D eigenvalue weighted by Crippen LogP contribution is -2.51. The minimum atomic E-state index is -0.198. The van der Waals surface area contributed by atoms with Crippen molar-refractivity contribution in [3.8, 4) is 12.1 Å². The Morgan fingerprint density at radius 2 is 2.02 bits per heavy atom. The van der Waals surface area contributed by atoms with Crippen LogP contribution in [0, 0.1) is 24.2 Å². The molecule has 0 aliphatic carbocycles. The summed E-state index contributed by atoms with van der Waals surface area (Å²) >= 11 is 0. The highest BCUT2D eigenvalue weighted by molar-refractivity contribution is 5.97. The molecule has 230 valence electrons. The molecule has 0 bridgehead atoms. The Labute approximate surface area is 260 Å². The molecule has 0 radical (unpaired) electrons. The summed E-state index contributed by atoms with van der Waals surface area (Å²) in [5.74, 6) is 0.688. The van der Waals surface area contributed by atoms with Crippen molar-refractivity contribution < 1.29 is 9.53 Å². The first-order valence-electron chi connectivity index (χ1n) is 15.8. The Balaban J connectivity index is 1.34. The maximum absolute atomic E-state index is 12.1. The number of anilines is 2. The van der Waals surface area contributed by atoms with Crippen LogP contribution in [0.5, 0.6) is 6.01 Å². The summed E-state index contributed by atoms with van der Waals surface area (Å²) in [5.41, 5.74) is 4.58. The molecule has 9 nitrogen and oxygen atoms in total. The Morgan fingerprint density at radius 1 is 1.20 bits per heavy atom. The fourth-order valence-electron chi connectivity index (χ4n) is 7.23. The first kappa shape index (κ1) is 29.9. The number of fused-ring (bicyclic) bond motifs is 2. The zero-order valence-corrected chi connectivity index (χ0v) is 26.2. The van der Waals surface area contributed by atoms with Crippen LogP contribution in [0.25, 0.3) is 10.8 Å². The lowest BCUT2D eigenvalue weighted by molar-refractivity contribution is -0.117. The Hall–Kier alpha value is -4.16. The van der Waals surface area contributed by atoms with Crippen LogP contribution in [-0.2, 0) is 17.8 Å². The summed E-state index contributed by atoms with van der Waals surface area (Å²) in [6.07, 6.45) is 5.42. The van der Waals surface area contributed by atoms with Gasteiger partial charge in [0.25, 0.3) is 0 Å². The number of rotatable bonds is 8. The number of carbonyl (C=O) groups excluding carboxylic acids is 1. The molecule has 9 heteroatoms. The van der Waals surface area contributed by atoms with Gasteiger partial charge in [0, 0.05) is 54.7 Å². The van der Waals surface area contributed by atoms with E-state index in [0.717, 1.165) is 62.4 Å². The van der Waals surface area contributed by atoms with Gasteiger partial charge in [-0.05, 0) is 76.2 Å². The van der Waals surface area contributed by atoms with E-state index in [1.165, 1.54) is 28.1 Å². The number of piperidine rings is 1. The molecule has 3 atom stereocenters. The number of nitrogens with zero attached hydrogens (tertiary/aromatic N) is 6. The van der Waals surface area contributed by atoms with Crippen LogP contribution < -0.4 is 19.9 Å². The Bertz CT molecular complexity index is 1590. The molecule has 2 aromatic carbocycles. The zero-order chi connectivity index (χ0) is 30.8. The summed E-state index contributed by atoms with van der Waals surface area (Å²) in [4.78, 5) is 29.3. The number of likely N-dealkylation sites (tertiary alicyclic amines) is 1. The summed E-state index contributed by atoms with van der Waals surface area (Å²) in [5, 5.41) is 15.2. The standard InChI is InChI=1S/C35H43N7O2/c1-5-31(43)37-28-15-20-42(21-26(28)13-17-36)33-27-14-19-41(30-12-7-11-25-10-6-9-24(2)32(25)30)22-29(27)38-34(39-33)44-23-35(3)16-8-18-40(35)4/h5-7,9-12,26,28H,1,8,13-16,18-23H2,2-4H3,(H,37,43)/t26-,28?,35-/m0/s1. The average Bonchev–Trinajstić information content (AvgIpc) is 3.37. The summed E-state index contributed by atoms with van der Waals surface area (Å²) in [7, 11) is 2.16. The number of nitrogens with one attached hydrogen (secondary N) is 1. The number of hydrogen-bond donors (Lipinski definition) is 1.